The number of hydrogen-bond donors (Lipinski definition) is 1. The van der Waals surface area contributed by atoms with Crippen LogP contribution < -0.4 is 5.32 Å². The lowest BCUT2D eigenvalue weighted by Crippen LogP contribution is -2.51. The van der Waals surface area contributed by atoms with E-state index in [0.29, 0.717) is 17.9 Å². The van der Waals surface area contributed by atoms with Gasteiger partial charge in [-0.1, -0.05) is 34.1 Å². The second-order valence-electron chi connectivity index (χ2n) is 7.54. The number of rotatable bonds is 6. The van der Waals surface area contributed by atoms with Gasteiger partial charge in [-0.05, 0) is 44.1 Å². The van der Waals surface area contributed by atoms with E-state index in [-0.39, 0.29) is 12.1 Å². The first-order valence-corrected chi connectivity index (χ1v) is 8.49. The molecule has 0 saturated carbocycles. The molecule has 0 spiro atoms. The fraction of sp³-hybridized carbons (Fsp3) is 0.941. The van der Waals surface area contributed by atoms with Crippen molar-refractivity contribution in [3.8, 4) is 0 Å². The lowest BCUT2D eigenvalue weighted by Gasteiger charge is -2.40. The quantitative estimate of drug-likeness (QED) is 0.813. The van der Waals surface area contributed by atoms with E-state index in [2.05, 4.69) is 37.9 Å². The predicted molar refractivity (Wildman–Crippen MR) is 87.5 cm³/mol. The Morgan fingerprint density at radius 1 is 1.29 bits per heavy atom. The zero-order chi connectivity index (χ0) is 15.9. The summed E-state index contributed by atoms with van der Waals surface area (Å²) < 4.78 is 5.03. The van der Waals surface area contributed by atoms with Crippen LogP contribution in [0, 0.1) is 11.3 Å². The molecule has 1 fully saturated rings. The molecule has 1 aliphatic heterocycles. The Bertz CT molecular complexity index is 312. The summed E-state index contributed by atoms with van der Waals surface area (Å²) >= 11 is 0. The molecule has 124 valence electrons. The zero-order valence-corrected chi connectivity index (χ0v) is 14.6. The molecule has 0 aliphatic carbocycles. The number of alkyl carbamates (subject to hydrolysis) is 1. The van der Waals surface area contributed by atoms with E-state index < -0.39 is 0 Å². The smallest absolute Gasteiger partial charge is 0.407 e. The molecule has 21 heavy (non-hydrogen) atoms. The zero-order valence-electron chi connectivity index (χ0n) is 14.6. The molecule has 0 bridgehead atoms. The molecule has 1 amide bonds. The maximum atomic E-state index is 11.7. The molecule has 0 radical (unpaired) electrons. The highest BCUT2D eigenvalue weighted by Gasteiger charge is 2.30. The molecular weight excluding hydrogens is 264 g/mol. The number of nitrogens with zero attached hydrogens (tertiary/aromatic N) is 1. The third-order valence-electron chi connectivity index (χ3n) is 3.94. The minimum Gasteiger partial charge on any atom is -0.450 e. The van der Waals surface area contributed by atoms with Gasteiger partial charge in [0.25, 0.3) is 0 Å². The average molecular weight is 298 g/mol. The van der Waals surface area contributed by atoms with Gasteiger partial charge in [-0.15, -0.1) is 0 Å². The number of likely N-dealkylation sites (tertiary alicyclic amines) is 1. The van der Waals surface area contributed by atoms with Crippen LogP contribution >= 0.6 is 0 Å². The molecule has 2 atom stereocenters. The van der Waals surface area contributed by atoms with Gasteiger partial charge in [-0.25, -0.2) is 4.79 Å². The Kier molecular flexibility index (Phi) is 7.50. The largest absolute Gasteiger partial charge is 0.450 e. The van der Waals surface area contributed by atoms with Gasteiger partial charge >= 0.3 is 6.09 Å². The third kappa shape index (κ3) is 7.70. The number of ether oxygens (including phenoxy) is 1. The summed E-state index contributed by atoms with van der Waals surface area (Å²) in [6.07, 6.45) is 4.45. The Hall–Kier alpha value is -0.770. The van der Waals surface area contributed by atoms with Crippen molar-refractivity contribution in [1.82, 2.24) is 10.2 Å². The summed E-state index contributed by atoms with van der Waals surface area (Å²) in [5.74, 6) is 0.655. The maximum Gasteiger partial charge on any atom is 0.407 e. The van der Waals surface area contributed by atoms with E-state index in [1.54, 1.807) is 0 Å². The number of unbranched alkanes of at least 4 members (excludes halogenated alkanes) is 1. The number of carbonyl (C=O) groups excluding carboxylic acids is 1. The summed E-state index contributed by atoms with van der Waals surface area (Å²) in [4.78, 5) is 14.2. The van der Waals surface area contributed by atoms with E-state index in [1.165, 1.54) is 19.3 Å². The average Bonchev–Trinajstić information content (AvgIpc) is 2.34. The highest BCUT2D eigenvalue weighted by atomic mass is 16.5. The SMILES string of the molecule is CCCCN1CC(CC(C)(C)C)CC(NC(=O)OCC)C1. The van der Waals surface area contributed by atoms with Gasteiger partial charge in [0.2, 0.25) is 0 Å². The van der Waals surface area contributed by atoms with Crippen LogP contribution in [-0.2, 0) is 4.74 Å². The van der Waals surface area contributed by atoms with Crippen molar-refractivity contribution in [2.75, 3.05) is 26.2 Å². The van der Waals surface area contributed by atoms with Crippen LogP contribution in [0.3, 0.4) is 0 Å². The Morgan fingerprint density at radius 3 is 2.57 bits per heavy atom. The molecule has 1 rings (SSSR count). The molecular formula is C17H34N2O2. The summed E-state index contributed by atoms with van der Waals surface area (Å²) in [7, 11) is 0. The van der Waals surface area contributed by atoms with Gasteiger partial charge in [0.15, 0.2) is 0 Å². The molecule has 1 saturated heterocycles. The minimum absolute atomic E-state index is 0.224. The van der Waals surface area contributed by atoms with Crippen LogP contribution in [0.25, 0.3) is 0 Å². The lowest BCUT2D eigenvalue weighted by molar-refractivity contribution is 0.101. The molecule has 1 heterocycles. The van der Waals surface area contributed by atoms with Crippen molar-refractivity contribution in [3.63, 3.8) is 0 Å². The first kappa shape index (κ1) is 18.3. The van der Waals surface area contributed by atoms with Crippen LogP contribution in [-0.4, -0.2) is 43.3 Å². The minimum atomic E-state index is -0.269. The number of hydrogen-bond acceptors (Lipinski definition) is 3. The van der Waals surface area contributed by atoms with Crippen molar-refractivity contribution in [3.05, 3.63) is 0 Å². The monoisotopic (exact) mass is 298 g/mol. The fourth-order valence-electron chi connectivity index (χ4n) is 3.32. The van der Waals surface area contributed by atoms with Crippen molar-refractivity contribution < 1.29 is 9.53 Å². The first-order valence-electron chi connectivity index (χ1n) is 8.49. The number of nitrogens with one attached hydrogen (secondary N) is 1. The van der Waals surface area contributed by atoms with E-state index in [1.807, 2.05) is 6.92 Å². The standard InChI is InChI=1S/C17H34N2O2/c1-6-8-9-19-12-14(11-17(3,4)5)10-15(13-19)18-16(20)21-7-2/h14-15H,6-13H2,1-5H3,(H,18,20). The topological polar surface area (TPSA) is 41.6 Å². The van der Waals surface area contributed by atoms with Crippen molar-refractivity contribution >= 4 is 6.09 Å². The van der Waals surface area contributed by atoms with Crippen molar-refractivity contribution in [2.45, 2.75) is 66.3 Å². The van der Waals surface area contributed by atoms with Crippen LogP contribution in [0.2, 0.25) is 0 Å². The number of carbonyl (C=O) groups is 1. The Balaban J connectivity index is 2.58. The summed E-state index contributed by atoms with van der Waals surface area (Å²) in [6, 6.07) is 0.224. The van der Waals surface area contributed by atoms with E-state index in [0.717, 1.165) is 26.1 Å². The van der Waals surface area contributed by atoms with E-state index in [9.17, 15) is 4.79 Å². The normalized spacial score (nSPS) is 23.9. The first-order chi connectivity index (χ1) is 9.84. The van der Waals surface area contributed by atoms with Gasteiger partial charge < -0.3 is 15.0 Å². The van der Waals surface area contributed by atoms with Crippen LogP contribution in [0.5, 0.6) is 0 Å². The molecule has 0 aromatic rings. The van der Waals surface area contributed by atoms with E-state index in [4.69, 9.17) is 4.74 Å². The van der Waals surface area contributed by atoms with Crippen LogP contribution in [0.4, 0.5) is 4.79 Å². The number of amides is 1. The highest BCUT2D eigenvalue weighted by molar-refractivity contribution is 5.67. The summed E-state index contributed by atoms with van der Waals surface area (Å²) in [6.45, 7) is 14.7. The van der Waals surface area contributed by atoms with Crippen LogP contribution in [0.1, 0.15) is 60.3 Å². The second kappa shape index (κ2) is 8.62. The fourth-order valence-corrected chi connectivity index (χ4v) is 3.32. The molecule has 1 N–H and O–H groups in total. The molecule has 2 unspecified atom stereocenters. The molecule has 0 aromatic heterocycles. The van der Waals surface area contributed by atoms with Gasteiger partial charge in [0.05, 0.1) is 6.61 Å². The molecule has 4 heteroatoms. The van der Waals surface area contributed by atoms with Crippen molar-refractivity contribution in [2.24, 2.45) is 11.3 Å². The Morgan fingerprint density at radius 2 is 2.00 bits per heavy atom. The van der Waals surface area contributed by atoms with Gasteiger partial charge in [0, 0.05) is 19.1 Å². The van der Waals surface area contributed by atoms with Crippen molar-refractivity contribution in [1.29, 1.82) is 0 Å². The molecule has 1 aliphatic rings. The highest BCUT2D eigenvalue weighted by Crippen LogP contribution is 2.30. The molecule has 4 nitrogen and oxygen atoms in total. The Labute approximate surface area is 130 Å². The lowest BCUT2D eigenvalue weighted by atomic mass is 9.80. The van der Waals surface area contributed by atoms with Gasteiger partial charge in [-0.2, -0.15) is 0 Å². The van der Waals surface area contributed by atoms with Gasteiger partial charge in [0.1, 0.15) is 0 Å². The van der Waals surface area contributed by atoms with Crippen LogP contribution in [0.15, 0.2) is 0 Å². The van der Waals surface area contributed by atoms with Gasteiger partial charge in [-0.3, -0.25) is 0 Å². The number of piperidine rings is 1. The summed E-state index contributed by atoms with van der Waals surface area (Å²) in [5, 5.41) is 3.04. The maximum absolute atomic E-state index is 11.7. The summed E-state index contributed by atoms with van der Waals surface area (Å²) in [5.41, 5.74) is 0.340. The predicted octanol–water partition coefficient (Wildman–Crippen LogP) is 3.66. The molecule has 0 aromatic carbocycles. The third-order valence-corrected chi connectivity index (χ3v) is 3.94. The second-order valence-corrected chi connectivity index (χ2v) is 7.54. The van der Waals surface area contributed by atoms with E-state index >= 15 is 0 Å².